The number of benzene rings is 2. The first-order valence-corrected chi connectivity index (χ1v) is 7.84. The van der Waals surface area contributed by atoms with Gasteiger partial charge in [-0.3, -0.25) is 9.38 Å². The summed E-state index contributed by atoms with van der Waals surface area (Å²) in [5.74, 6) is -0.145. The number of aromatic hydroxyl groups is 1. The van der Waals surface area contributed by atoms with Gasteiger partial charge in [0.05, 0.1) is 11.8 Å². The van der Waals surface area contributed by atoms with Gasteiger partial charge in [-0.05, 0) is 42.5 Å². The Hall–Kier alpha value is -3.87. The lowest BCUT2D eigenvalue weighted by Gasteiger charge is -2.09. The first kappa shape index (κ1) is 15.6. The summed E-state index contributed by atoms with van der Waals surface area (Å²) in [7, 11) is 0. The fourth-order valence-corrected chi connectivity index (χ4v) is 2.71. The van der Waals surface area contributed by atoms with Crippen molar-refractivity contribution in [2.45, 2.75) is 0 Å². The summed E-state index contributed by atoms with van der Waals surface area (Å²) >= 11 is 0. The Morgan fingerprint density at radius 1 is 1.12 bits per heavy atom. The highest BCUT2D eigenvalue weighted by atomic mass is 16.4. The number of aromatic carboxylic acids is 1. The average molecular weight is 346 g/mol. The Morgan fingerprint density at radius 2 is 1.92 bits per heavy atom. The fraction of sp³-hybridized carbons (Fsp3) is 0. The van der Waals surface area contributed by atoms with E-state index in [-0.39, 0.29) is 11.3 Å². The predicted molar refractivity (Wildman–Crippen MR) is 96.8 cm³/mol. The van der Waals surface area contributed by atoms with Crippen molar-refractivity contribution in [2.24, 2.45) is 0 Å². The van der Waals surface area contributed by atoms with Gasteiger partial charge in [0, 0.05) is 23.6 Å². The smallest absolute Gasteiger partial charge is 0.335 e. The van der Waals surface area contributed by atoms with Crippen LogP contribution < -0.4 is 5.32 Å². The minimum atomic E-state index is -0.991. The Kier molecular flexibility index (Phi) is 3.74. The van der Waals surface area contributed by atoms with E-state index in [4.69, 9.17) is 0 Å². The summed E-state index contributed by atoms with van der Waals surface area (Å²) in [4.78, 5) is 19.9. The molecule has 0 aliphatic rings. The van der Waals surface area contributed by atoms with Gasteiger partial charge >= 0.3 is 5.97 Å². The molecule has 0 spiro atoms. The Bertz CT molecular complexity index is 1100. The summed E-state index contributed by atoms with van der Waals surface area (Å²) in [6, 6.07) is 13.3. The number of nitrogens with one attached hydrogen (secondary N) is 1. The molecule has 0 radical (unpaired) electrons. The number of imidazole rings is 1. The summed E-state index contributed by atoms with van der Waals surface area (Å²) in [6.07, 6.45) is 5.06. The van der Waals surface area contributed by atoms with Gasteiger partial charge in [0.15, 0.2) is 5.65 Å². The molecule has 0 saturated heterocycles. The van der Waals surface area contributed by atoms with E-state index >= 15 is 0 Å². The summed E-state index contributed by atoms with van der Waals surface area (Å²) in [5.41, 5.74) is 2.94. The zero-order valence-electron chi connectivity index (χ0n) is 13.5. The molecule has 0 bridgehead atoms. The Balaban J connectivity index is 1.85. The summed E-state index contributed by atoms with van der Waals surface area (Å²) in [6.45, 7) is 0. The van der Waals surface area contributed by atoms with Crippen LogP contribution in [0.25, 0.3) is 16.9 Å². The number of hydrogen-bond donors (Lipinski definition) is 3. The molecule has 0 amide bonds. The molecule has 0 unspecified atom stereocenters. The normalized spacial score (nSPS) is 10.8. The van der Waals surface area contributed by atoms with E-state index in [0.29, 0.717) is 22.8 Å². The number of fused-ring (bicyclic) bond motifs is 1. The summed E-state index contributed by atoms with van der Waals surface area (Å²) in [5, 5.41) is 22.0. The predicted octanol–water partition coefficient (Wildman–Crippen LogP) is 3.54. The number of carboxylic acid groups (broad SMARTS) is 1. The number of phenols is 1. The maximum absolute atomic E-state index is 11.2. The average Bonchev–Trinajstić information content (AvgIpc) is 3.01. The molecular weight excluding hydrogens is 332 g/mol. The SMILES string of the molecule is O=C(O)c1cccc(Nc2c(-c3ccc(O)cc3)nc3cnccn23)c1. The molecule has 0 fully saturated rings. The number of aromatic nitrogens is 3. The van der Waals surface area contributed by atoms with Crippen molar-refractivity contribution >= 4 is 23.1 Å². The van der Waals surface area contributed by atoms with Gasteiger partial charge in [-0.2, -0.15) is 0 Å². The highest BCUT2D eigenvalue weighted by Gasteiger charge is 2.15. The van der Waals surface area contributed by atoms with E-state index in [1.807, 2.05) is 4.40 Å². The van der Waals surface area contributed by atoms with Gasteiger partial charge < -0.3 is 15.5 Å². The minimum Gasteiger partial charge on any atom is -0.508 e. The van der Waals surface area contributed by atoms with E-state index in [1.54, 1.807) is 61.1 Å². The third-order valence-electron chi connectivity index (χ3n) is 3.94. The second-order valence-electron chi connectivity index (χ2n) is 5.67. The van der Waals surface area contributed by atoms with Crippen LogP contribution in [-0.4, -0.2) is 30.6 Å². The number of hydrogen-bond acceptors (Lipinski definition) is 5. The lowest BCUT2D eigenvalue weighted by molar-refractivity contribution is 0.0697. The van der Waals surface area contributed by atoms with Crippen molar-refractivity contribution in [3.05, 3.63) is 72.7 Å². The van der Waals surface area contributed by atoms with Crippen LogP contribution in [0.5, 0.6) is 5.75 Å². The van der Waals surface area contributed by atoms with Crippen molar-refractivity contribution in [2.75, 3.05) is 5.32 Å². The first-order valence-electron chi connectivity index (χ1n) is 7.84. The van der Waals surface area contributed by atoms with Crippen LogP contribution >= 0.6 is 0 Å². The summed E-state index contributed by atoms with van der Waals surface area (Å²) < 4.78 is 1.84. The van der Waals surface area contributed by atoms with Gasteiger partial charge in [-0.1, -0.05) is 6.07 Å². The molecule has 7 nitrogen and oxygen atoms in total. The number of anilines is 2. The molecule has 2 aromatic heterocycles. The third kappa shape index (κ3) is 2.82. The van der Waals surface area contributed by atoms with Crippen LogP contribution in [0.15, 0.2) is 67.1 Å². The monoisotopic (exact) mass is 346 g/mol. The Morgan fingerprint density at radius 3 is 2.69 bits per heavy atom. The van der Waals surface area contributed by atoms with E-state index < -0.39 is 5.97 Å². The van der Waals surface area contributed by atoms with Gasteiger partial charge in [-0.25, -0.2) is 9.78 Å². The number of rotatable bonds is 4. The lowest BCUT2D eigenvalue weighted by Crippen LogP contribution is -2.00. The zero-order valence-corrected chi connectivity index (χ0v) is 13.5. The lowest BCUT2D eigenvalue weighted by atomic mass is 10.1. The molecule has 128 valence electrons. The molecule has 2 aromatic carbocycles. The second-order valence-corrected chi connectivity index (χ2v) is 5.67. The molecular formula is C19H14N4O3. The number of phenolic OH excluding ortho intramolecular Hbond substituents is 1. The standard InChI is InChI=1S/C19H14N4O3/c24-15-6-4-12(5-7-15)17-18(23-9-8-20-11-16(23)22-17)21-14-3-1-2-13(10-14)19(25)26/h1-11,21,24H,(H,25,26). The highest BCUT2D eigenvalue weighted by molar-refractivity contribution is 5.89. The fourth-order valence-electron chi connectivity index (χ4n) is 2.71. The minimum absolute atomic E-state index is 0.169. The zero-order chi connectivity index (χ0) is 18.1. The molecule has 3 N–H and O–H groups in total. The van der Waals surface area contributed by atoms with Crippen LogP contribution in [0.3, 0.4) is 0 Å². The number of carboxylic acids is 1. The van der Waals surface area contributed by atoms with Gasteiger partial charge in [0.1, 0.15) is 17.3 Å². The van der Waals surface area contributed by atoms with Gasteiger partial charge in [0.2, 0.25) is 0 Å². The van der Waals surface area contributed by atoms with Crippen LogP contribution in [0, 0.1) is 0 Å². The number of carbonyl (C=O) groups is 1. The molecule has 0 aliphatic heterocycles. The van der Waals surface area contributed by atoms with Crippen molar-refractivity contribution in [1.82, 2.24) is 14.4 Å². The van der Waals surface area contributed by atoms with E-state index in [1.165, 1.54) is 6.07 Å². The van der Waals surface area contributed by atoms with E-state index in [9.17, 15) is 15.0 Å². The number of nitrogens with zero attached hydrogens (tertiary/aromatic N) is 3. The third-order valence-corrected chi connectivity index (χ3v) is 3.94. The molecule has 7 heteroatoms. The van der Waals surface area contributed by atoms with Crippen LogP contribution in [0.2, 0.25) is 0 Å². The highest BCUT2D eigenvalue weighted by Crippen LogP contribution is 2.31. The van der Waals surface area contributed by atoms with E-state index in [0.717, 1.165) is 5.56 Å². The van der Waals surface area contributed by atoms with Gasteiger partial charge in [-0.15, -0.1) is 0 Å². The van der Waals surface area contributed by atoms with E-state index in [2.05, 4.69) is 15.3 Å². The second kappa shape index (κ2) is 6.21. The quantitative estimate of drug-likeness (QED) is 0.523. The molecule has 2 heterocycles. The largest absolute Gasteiger partial charge is 0.508 e. The molecule has 4 aromatic rings. The molecule has 0 aliphatic carbocycles. The van der Waals surface area contributed by atoms with Crippen molar-refractivity contribution in [1.29, 1.82) is 0 Å². The Labute approximate surface area is 148 Å². The molecule has 0 atom stereocenters. The van der Waals surface area contributed by atoms with Gasteiger partial charge in [0.25, 0.3) is 0 Å². The first-order chi connectivity index (χ1) is 12.6. The van der Waals surface area contributed by atoms with Crippen LogP contribution in [0.1, 0.15) is 10.4 Å². The molecule has 4 rings (SSSR count). The van der Waals surface area contributed by atoms with Crippen molar-refractivity contribution < 1.29 is 15.0 Å². The topological polar surface area (TPSA) is 99.8 Å². The van der Waals surface area contributed by atoms with Crippen LogP contribution in [-0.2, 0) is 0 Å². The van der Waals surface area contributed by atoms with Crippen LogP contribution in [0.4, 0.5) is 11.5 Å². The molecule has 0 saturated carbocycles. The maximum Gasteiger partial charge on any atom is 0.335 e. The van der Waals surface area contributed by atoms with Crippen molar-refractivity contribution in [3.63, 3.8) is 0 Å². The maximum atomic E-state index is 11.2. The molecule has 26 heavy (non-hydrogen) atoms. The van der Waals surface area contributed by atoms with Crippen molar-refractivity contribution in [3.8, 4) is 17.0 Å².